The Labute approximate surface area is 97.7 Å². The zero-order valence-electron chi connectivity index (χ0n) is 8.90. The number of ether oxygens (including phenoxy) is 2. The molecule has 0 saturated carbocycles. The van der Waals surface area contributed by atoms with E-state index in [1.54, 1.807) is 11.3 Å². The van der Waals surface area contributed by atoms with Gasteiger partial charge in [-0.1, -0.05) is 0 Å². The lowest BCUT2D eigenvalue weighted by Crippen LogP contribution is -2.15. The van der Waals surface area contributed by atoms with E-state index < -0.39 is 0 Å². The van der Waals surface area contributed by atoms with Crippen LogP contribution < -0.4 is 9.47 Å². The van der Waals surface area contributed by atoms with Crippen LogP contribution in [0.4, 0.5) is 0 Å². The average Bonchev–Trinajstić information content (AvgIpc) is 2.81. The van der Waals surface area contributed by atoms with Gasteiger partial charge in [-0.15, -0.1) is 11.3 Å². The Hall–Kier alpha value is -1.55. The molecule has 0 bridgehead atoms. The van der Waals surface area contributed by atoms with Crippen LogP contribution in [0, 0.1) is 6.92 Å². The molecule has 4 heteroatoms. The molecule has 0 saturated heterocycles. The highest BCUT2D eigenvalue weighted by Crippen LogP contribution is 2.37. The fourth-order valence-corrected chi connectivity index (χ4v) is 2.50. The summed E-state index contributed by atoms with van der Waals surface area (Å²) in [5.74, 6) is 1.66. The highest BCUT2D eigenvalue weighted by molar-refractivity contribution is 7.13. The maximum absolute atomic E-state index is 5.57. The van der Waals surface area contributed by atoms with Gasteiger partial charge in [-0.3, -0.25) is 0 Å². The van der Waals surface area contributed by atoms with Crippen molar-refractivity contribution in [3.63, 3.8) is 0 Å². The van der Waals surface area contributed by atoms with Crippen molar-refractivity contribution >= 4 is 11.3 Å². The van der Waals surface area contributed by atoms with Crippen LogP contribution in [0.15, 0.2) is 23.7 Å². The Morgan fingerprint density at radius 2 is 1.94 bits per heavy atom. The zero-order chi connectivity index (χ0) is 11.0. The van der Waals surface area contributed by atoms with Gasteiger partial charge in [-0.25, -0.2) is 4.98 Å². The predicted molar refractivity (Wildman–Crippen MR) is 63.3 cm³/mol. The van der Waals surface area contributed by atoms with Gasteiger partial charge in [0, 0.05) is 17.1 Å². The molecule has 1 aliphatic heterocycles. The largest absolute Gasteiger partial charge is 0.486 e. The van der Waals surface area contributed by atoms with Crippen molar-refractivity contribution in [1.29, 1.82) is 0 Å². The lowest BCUT2D eigenvalue weighted by Gasteiger charge is -2.19. The Morgan fingerprint density at radius 1 is 1.19 bits per heavy atom. The summed E-state index contributed by atoms with van der Waals surface area (Å²) in [5, 5.41) is 3.00. The van der Waals surface area contributed by atoms with E-state index in [0.717, 1.165) is 22.1 Å². The van der Waals surface area contributed by atoms with Crippen molar-refractivity contribution < 1.29 is 9.47 Å². The summed E-state index contributed by atoms with van der Waals surface area (Å²) in [5.41, 5.74) is 2.29. The van der Waals surface area contributed by atoms with Crippen LogP contribution in [0.2, 0.25) is 0 Å². The topological polar surface area (TPSA) is 31.4 Å². The molecule has 82 valence electrons. The van der Waals surface area contributed by atoms with E-state index in [0.29, 0.717) is 13.2 Å². The minimum absolute atomic E-state index is 0.618. The van der Waals surface area contributed by atoms with Gasteiger partial charge in [-0.05, 0) is 24.6 Å². The Kier molecular flexibility index (Phi) is 2.29. The molecule has 3 nitrogen and oxygen atoms in total. The molecule has 16 heavy (non-hydrogen) atoms. The maximum Gasteiger partial charge on any atom is 0.162 e. The Morgan fingerprint density at radius 3 is 2.62 bits per heavy atom. The monoisotopic (exact) mass is 233 g/mol. The van der Waals surface area contributed by atoms with Crippen LogP contribution in [0.25, 0.3) is 10.6 Å². The average molecular weight is 233 g/mol. The van der Waals surface area contributed by atoms with Crippen LogP contribution >= 0.6 is 11.3 Å². The Bertz CT molecular complexity index is 508. The SMILES string of the molecule is Cc1cc2c(cc1-c1nccs1)OCCO2. The quantitative estimate of drug-likeness (QED) is 0.759. The molecule has 1 aromatic carbocycles. The fourth-order valence-electron chi connectivity index (χ4n) is 1.78. The highest BCUT2D eigenvalue weighted by Gasteiger charge is 2.15. The minimum atomic E-state index is 0.618. The van der Waals surface area contributed by atoms with Gasteiger partial charge in [-0.2, -0.15) is 0 Å². The summed E-state index contributed by atoms with van der Waals surface area (Å²) >= 11 is 1.63. The number of aryl methyl sites for hydroxylation is 1. The number of thiazole rings is 1. The van der Waals surface area contributed by atoms with Gasteiger partial charge in [0.15, 0.2) is 11.5 Å². The van der Waals surface area contributed by atoms with Crippen molar-refractivity contribution in [2.45, 2.75) is 6.92 Å². The second-order valence-electron chi connectivity index (χ2n) is 3.65. The third-order valence-corrected chi connectivity index (χ3v) is 3.36. The molecule has 2 aromatic rings. The van der Waals surface area contributed by atoms with E-state index in [9.17, 15) is 0 Å². The summed E-state index contributed by atoms with van der Waals surface area (Å²) in [6.07, 6.45) is 1.82. The first-order valence-electron chi connectivity index (χ1n) is 5.15. The molecule has 3 rings (SSSR count). The molecule has 0 unspecified atom stereocenters. The first-order valence-corrected chi connectivity index (χ1v) is 6.02. The Balaban J connectivity index is 2.12. The normalized spacial score (nSPS) is 13.8. The van der Waals surface area contributed by atoms with E-state index >= 15 is 0 Å². The molecule has 0 atom stereocenters. The second-order valence-corrected chi connectivity index (χ2v) is 4.54. The van der Waals surface area contributed by atoms with Crippen molar-refractivity contribution in [1.82, 2.24) is 4.98 Å². The van der Waals surface area contributed by atoms with Gasteiger partial charge in [0.1, 0.15) is 18.2 Å². The minimum Gasteiger partial charge on any atom is -0.486 e. The molecule has 0 radical (unpaired) electrons. The van der Waals surface area contributed by atoms with Crippen LogP contribution in [-0.2, 0) is 0 Å². The van der Waals surface area contributed by atoms with E-state index in [4.69, 9.17) is 9.47 Å². The molecular weight excluding hydrogens is 222 g/mol. The van der Waals surface area contributed by atoms with E-state index in [1.807, 2.05) is 23.7 Å². The van der Waals surface area contributed by atoms with E-state index in [-0.39, 0.29) is 0 Å². The number of aromatic nitrogens is 1. The molecule has 1 aromatic heterocycles. The standard InChI is InChI=1S/C12H11NO2S/c1-8-6-10-11(15-4-3-14-10)7-9(8)12-13-2-5-16-12/h2,5-7H,3-4H2,1H3. The van der Waals surface area contributed by atoms with Crippen molar-refractivity contribution in [2.24, 2.45) is 0 Å². The lowest BCUT2D eigenvalue weighted by atomic mass is 10.1. The molecule has 0 aliphatic carbocycles. The first-order chi connectivity index (χ1) is 7.84. The number of rotatable bonds is 1. The molecule has 0 amide bonds. The first kappa shape index (κ1) is 9.66. The number of fused-ring (bicyclic) bond motifs is 1. The summed E-state index contributed by atoms with van der Waals surface area (Å²) in [6.45, 7) is 3.31. The van der Waals surface area contributed by atoms with Crippen molar-refractivity contribution in [3.8, 4) is 22.1 Å². The zero-order valence-corrected chi connectivity index (χ0v) is 9.71. The summed E-state index contributed by atoms with van der Waals surface area (Å²) in [7, 11) is 0. The third kappa shape index (κ3) is 1.55. The molecule has 1 aliphatic rings. The lowest BCUT2D eigenvalue weighted by molar-refractivity contribution is 0.171. The maximum atomic E-state index is 5.57. The van der Waals surface area contributed by atoms with Gasteiger partial charge in [0.25, 0.3) is 0 Å². The van der Waals surface area contributed by atoms with Gasteiger partial charge < -0.3 is 9.47 Å². The molecule has 0 N–H and O–H groups in total. The van der Waals surface area contributed by atoms with Gasteiger partial charge in [0.05, 0.1) is 0 Å². The molecule has 2 heterocycles. The fraction of sp³-hybridized carbons (Fsp3) is 0.250. The van der Waals surface area contributed by atoms with E-state index in [1.165, 1.54) is 5.56 Å². The van der Waals surface area contributed by atoms with Crippen LogP contribution in [0.3, 0.4) is 0 Å². The highest BCUT2D eigenvalue weighted by atomic mass is 32.1. The van der Waals surface area contributed by atoms with Crippen LogP contribution in [0.1, 0.15) is 5.56 Å². The van der Waals surface area contributed by atoms with Gasteiger partial charge >= 0.3 is 0 Å². The molecule has 0 spiro atoms. The van der Waals surface area contributed by atoms with E-state index in [2.05, 4.69) is 11.9 Å². The number of nitrogens with zero attached hydrogens (tertiary/aromatic N) is 1. The molecule has 0 fully saturated rings. The summed E-state index contributed by atoms with van der Waals surface area (Å²) in [6, 6.07) is 4.04. The summed E-state index contributed by atoms with van der Waals surface area (Å²) < 4.78 is 11.1. The van der Waals surface area contributed by atoms with Crippen LogP contribution in [-0.4, -0.2) is 18.2 Å². The number of hydrogen-bond acceptors (Lipinski definition) is 4. The number of benzene rings is 1. The van der Waals surface area contributed by atoms with Gasteiger partial charge in [0.2, 0.25) is 0 Å². The second kappa shape index (κ2) is 3.79. The predicted octanol–water partition coefficient (Wildman–Crippen LogP) is 2.89. The smallest absolute Gasteiger partial charge is 0.162 e. The van der Waals surface area contributed by atoms with Crippen LogP contribution in [0.5, 0.6) is 11.5 Å². The summed E-state index contributed by atoms with van der Waals surface area (Å²) in [4.78, 5) is 4.32. The molecular formula is C12H11NO2S. The van der Waals surface area contributed by atoms with Crippen molar-refractivity contribution in [3.05, 3.63) is 29.3 Å². The third-order valence-electron chi connectivity index (χ3n) is 2.55. The van der Waals surface area contributed by atoms with Crippen molar-refractivity contribution in [2.75, 3.05) is 13.2 Å². The number of hydrogen-bond donors (Lipinski definition) is 0.